The van der Waals surface area contributed by atoms with Crippen LogP contribution in [0.5, 0.6) is 0 Å². The van der Waals surface area contributed by atoms with Crippen molar-refractivity contribution in [3.8, 4) is 5.69 Å². The lowest BCUT2D eigenvalue weighted by molar-refractivity contribution is 0.594. The Morgan fingerprint density at radius 1 is 1.00 bits per heavy atom. The molecule has 3 aromatic rings. The molecule has 0 spiro atoms. The molecule has 9 heteroatoms. The van der Waals surface area contributed by atoms with Crippen LogP contribution in [0.3, 0.4) is 0 Å². The van der Waals surface area contributed by atoms with Gasteiger partial charge in [-0.05, 0) is 36.2 Å². The summed E-state index contributed by atoms with van der Waals surface area (Å²) in [7, 11) is -2.35. The number of rotatable bonds is 5. The number of hydrogen-bond acceptors (Lipinski definition) is 3. The fourth-order valence-electron chi connectivity index (χ4n) is 3.12. The maximum Gasteiger partial charge on any atom is 0.296 e. The third kappa shape index (κ3) is 3.83. The minimum atomic E-state index is -4.07. The lowest BCUT2D eigenvalue weighted by Gasteiger charge is -2.13. The summed E-state index contributed by atoms with van der Waals surface area (Å²) in [5.74, 6) is -0.108. The Hall–Kier alpha value is -2.22. The molecule has 28 heavy (non-hydrogen) atoms. The van der Waals surface area contributed by atoms with Crippen LogP contribution < -0.4 is 10.3 Å². The summed E-state index contributed by atoms with van der Waals surface area (Å²) in [6.45, 7) is 3.77. The molecule has 0 aliphatic heterocycles. The molecule has 0 aliphatic carbocycles. The number of benzene rings is 2. The van der Waals surface area contributed by atoms with E-state index in [1.807, 2.05) is 32.0 Å². The molecule has 1 aromatic heterocycles. The first-order valence-electron chi connectivity index (χ1n) is 8.48. The smallest absolute Gasteiger partial charge is 0.283 e. The summed E-state index contributed by atoms with van der Waals surface area (Å²) >= 11 is 11.9. The summed E-state index contributed by atoms with van der Waals surface area (Å²) in [6, 6.07) is 13.0. The number of sulfonamides is 1. The van der Waals surface area contributed by atoms with Gasteiger partial charge in [-0.3, -0.25) is 14.2 Å². The summed E-state index contributed by atoms with van der Waals surface area (Å²) < 4.78 is 31.3. The number of aromatic nitrogens is 2. The second kappa shape index (κ2) is 7.66. The van der Waals surface area contributed by atoms with E-state index in [4.69, 9.17) is 23.2 Å². The van der Waals surface area contributed by atoms with E-state index in [1.54, 1.807) is 23.9 Å². The quantitative estimate of drug-likeness (QED) is 0.639. The van der Waals surface area contributed by atoms with Gasteiger partial charge in [-0.25, -0.2) is 13.1 Å². The molecule has 0 fully saturated rings. The van der Waals surface area contributed by atoms with Gasteiger partial charge in [0.2, 0.25) is 0 Å². The predicted octanol–water partition coefficient (Wildman–Crippen LogP) is 4.41. The molecule has 6 nitrogen and oxygen atoms in total. The highest BCUT2D eigenvalue weighted by atomic mass is 35.5. The van der Waals surface area contributed by atoms with Gasteiger partial charge in [0.1, 0.15) is 5.69 Å². The molecule has 0 aliphatic rings. The highest BCUT2D eigenvalue weighted by Gasteiger charge is 2.26. The third-order valence-corrected chi connectivity index (χ3v) is 6.01. The molecular weight excluding hydrogens is 421 g/mol. The van der Waals surface area contributed by atoms with Gasteiger partial charge in [-0.1, -0.05) is 55.2 Å². The lowest BCUT2D eigenvalue weighted by Crippen LogP contribution is -2.23. The molecule has 0 unspecified atom stereocenters. The largest absolute Gasteiger partial charge is 0.296 e. The molecule has 148 valence electrons. The van der Waals surface area contributed by atoms with Crippen molar-refractivity contribution in [3.63, 3.8) is 0 Å². The number of nitrogens with zero attached hydrogens (tertiary/aromatic N) is 2. The zero-order valence-electron chi connectivity index (χ0n) is 15.5. The topological polar surface area (TPSA) is 73.1 Å². The van der Waals surface area contributed by atoms with Crippen molar-refractivity contribution in [2.75, 3.05) is 4.72 Å². The molecule has 3 rings (SSSR count). The van der Waals surface area contributed by atoms with Crippen LogP contribution in [0.15, 0.2) is 58.2 Å². The number of hydrogen-bond donors (Lipinski definition) is 1. The van der Waals surface area contributed by atoms with Gasteiger partial charge >= 0.3 is 0 Å². The Labute approximate surface area is 173 Å². The van der Waals surface area contributed by atoms with E-state index in [0.29, 0.717) is 11.4 Å². The van der Waals surface area contributed by atoms with Crippen molar-refractivity contribution < 1.29 is 8.42 Å². The summed E-state index contributed by atoms with van der Waals surface area (Å²) in [5, 5.41) is 0.374. The average molecular weight is 440 g/mol. The Bertz CT molecular complexity index is 1160. The summed E-state index contributed by atoms with van der Waals surface area (Å²) in [5.41, 5.74) is 0.727. The number of halogens is 2. The minimum Gasteiger partial charge on any atom is -0.283 e. The van der Waals surface area contributed by atoms with Gasteiger partial charge in [-0.15, -0.1) is 0 Å². The average Bonchev–Trinajstić information content (AvgIpc) is 2.84. The molecule has 0 amide bonds. The molecule has 1 N–H and O–H groups in total. The van der Waals surface area contributed by atoms with E-state index in [0.717, 1.165) is 0 Å². The first-order chi connectivity index (χ1) is 13.1. The number of para-hydroxylation sites is 1. The van der Waals surface area contributed by atoms with Crippen molar-refractivity contribution in [1.29, 1.82) is 0 Å². The Balaban J connectivity index is 2.18. The molecule has 0 bridgehead atoms. The lowest BCUT2D eigenvalue weighted by atomic mass is 10.1. The van der Waals surface area contributed by atoms with Crippen molar-refractivity contribution in [3.05, 3.63) is 74.6 Å². The van der Waals surface area contributed by atoms with E-state index in [9.17, 15) is 13.2 Å². The zero-order valence-corrected chi connectivity index (χ0v) is 17.8. The van der Waals surface area contributed by atoms with Crippen LogP contribution in [0.1, 0.15) is 25.5 Å². The first-order valence-corrected chi connectivity index (χ1v) is 10.7. The fraction of sp³-hybridized carbons (Fsp3) is 0.211. The van der Waals surface area contributed by atoms with Gasteiger partial charge in [-0.2, -0.15) is 0 Å². The molecule has 0 radical (unpaired) electrons. The van der Waals surface area contributed by atoms with Crippen LogP contribution in [-0.2, 0) is 17.1 Å². The second-order valence-corrected chi connectivity index (χ2v) is 9.16. The highest BCUT2D eigenvalue weighted by molar-refractivity contribution is 7.92. The molecule has 0 saturated carbocycles. The number of nitrogens with one attached hydrogen (secondary N) is 1. The Morgan fingerprint density at radius 2 is 1.57 bits per heavy atom. The van der Waals surface area contributed by atoms with Gasteiger partial charge in [0.15, 0.2) is 0 Å². The predicted molar refractivity (Wildman–Crippen MR) is 112 cm³/mol. The van der Waals surface area contributed by atoms with Crippen LogP contribution in [0.4, 0.5) is 5.69 Å². The maximum atomic E-state index is 13.1. The van der Waals surface area contributed by atoms with E-state index < -0.39 is 15.6 Å². The normalized spacial score (nSPS) is 11.8. The van der Waals surface area contributed by atoms with Crippen LogP contribution >= 0.6 is 23.2 Å². The molecular formula is C19H19Cl2N3O3S. The maximum absolute atomic E-state index is 13.1. The molecule has 0 atom stereocenters. The van der Waals surface area contributed by atoms with E-state index >= 15 is 0 Å². The van der Waals surface area contributed by atoms with Gasteiger partial charge < -0.3 is 0 Å². The summed E-state index contributed by atoms with van der Waals surface area (Å²) in [6.07, 6.45) is 0. The van der Waals surface area contributed by atoms with Crippen LogP contribution in [0, 0.1) is 0 Å². The van der Waals surface area contributed by atoms with E-state index in [2.05, 4.69) is 4.72 Å². The summed E-state index contributed by atoms with van der Waals surface area (Å²) in [4.78, 5) is 13.0. The first kappa shape index (κ1) is 20.5. The highest BCUT2D eigenvalue weighted by Crippen LogP contribution is 2.27. The van der Waals surface area contributed by atoms with Crippen molar-refractivity contribution in [1.82, 2.24) is 9.36 Å². The van der Waals surface area contributed by atoms with Gasteiger partial charge in [0, 0.05) is 17.1 Å². The van der Waals surface area contributed by atoms with Crippen LogP contribution in [-0.4, -0.2) is 17.8 Å². The Morgan fingerprint density at radius 3 is 2.11 bits per heavy atom. The molecule has 0 saturated heterocycles. The van der Waals surface area contributed by atoms with E-state index in [-0.39, 0.29) is 26.5 Å². The number of anilines is 1. The van der Waals surface area contributed by atoms with Crippen LogP contribution in [0.2, 0.25) is 10.0 Å². The van der Waals surface area contributed by atoms with Gasteiger partial charge in [0.05, 0.1) is 16.3 Å². The van der Waals surface area contributed by atoms with Crippen molar-refractivity contribution >= 4 is 38.9 Å². The minimum absolute atomic E-state index is 0.00236. The fourth-order valence-corrected chi connectivity index (χ4v) is 4.91. The monoisotopic (exact) mass is 439 g/mol. The second-order valence-electron chi connectivity index (χ2n) is 6.60. The standard InChI is InChI=1S/C19H19Cl2N3O3S/c1-12(2)18-17(19(25)24(23(18)3)15-7-5-4-6-8-15)22-28(26,27)16-10-13(20)9-14(21)11-16/h4-12,22H,1-3H3. The van der Waals surface area contributed by atoms with Crippen molar-refractivity contribution in [2.24, 2.45) is 7.05 Å². The van der Waals surface area contributed by atoms with E-state index in [1.165, 1.54) is 22.9 Å². The van der Waals surface area contributed by atoms with Crippen LogP contribution in [0.25, 0.3) is 5.69 Å². The molecule has 1 heterocycles. The molecule has 2 aromatic carbocycles. The Kier molecular flexibility index (Phi) is 5.61. The van der Waals surface area contributed by atoms with Crippen molar-refractivity contribution in [2.45, 2.75) is 24.7 Å². The van der Waals surface area contributed by atoms with Gasteiger partial charge in [0.25, 0.3) is 15.6 Å². The third-order valence-electron chi connectivity index (χ3n) is 4.24. The zero-order chi connectivity index (χ0) is 20.6. The SMILES string of the molecule is CC(C)c1c(NS(=O)(=O)c2cc(Cl)cc(Cl)c2)c(=O)n(-c2ccccc2)n1C.